The Morgan fingerprint density at radius 3 is 2.76 bits per heavy atom. The van der Waals surface area contributed by atoms with Crippen molar-refractivity contribution in [2.45, 2.75) is 44.8 Å². The van der Waals surface area contributed by atoms with Crippen LogP contribution in [0.2, 0.25) is 0 Å². The molecule has 1 saturated carbocycles. The lowest BCUT2D eigenvalue weighted by molar-refractivity contribution is -0.384. The van der Waals surface area contributed by atoms with E-state index in [1.807, 2.05) is 6.92 Å². The summed E-state index contributed by atoms with van der Waals surface area (Å²) < 4.78 is 5.49. The molecule has 1 aliphatic rings. The number of rotatable bonds is 7. The summed E-state index contributed by atoms with van der Waals surface area (Å²) in [6.07, 6.45) is 3.73. The van der Waals surface area contributed by atoms with E-state index in [1.54, 1.807) is 6.07 Å². The SMILES string of the molecule is CCOc1ccc([N+](=O)[O-])cc1CNCC1(O)CCCC1. The Bertz CT molecular complexity index is 498. The molecule has 1 aliphatic carbocycles. The number of nitrogens with one attached hydrogen (secondary N) is 1. The molecule has 116 valence electrons. The van der Waals surface area contributed by atoms with E-state index in [1.165, 1.54) is 12.1 Å². The van der Waals surface area contributed by atoms with Gasteiger partial charge in [-0.3, -0.25) is 10.1 Å². The molecule has 21 heavy (non-hydrogen) atoms. The van der Waals surface area contributed by atoms with Crippen molar-refractivity contribution in [3.63, 3.8) is 0 Å². The maximum absolute atomic E-state index is 10.9. The topological polar surface area (TPSA) is 84.6 Å². The van der Waals surface area contributed by atoms with Gasteiger partial charge in [0, 0.05) is 30.8 Å². The highest BCUT2D eigenvalue weighted by molar-refractivity contribution is 5.43. The number of hydrogen-bond donors (Lipinski definition) is 2. The second-order valence-electron chi connectivity index (χ2n) is 5.52. The Morgan fingerprint density at radius 2 is 2.14 bits per heavy atom. The molecule has 0 heterocycles. The van der Waals surface area contributed by atoms with E-state index in [0.717, 1.165) is 31.2 Å². The maximum Gasteiger partial charge on any atom is 0.270 e. The van der Waals surface area contributed by atoms with Crippen LogP contribution in [0.4, 0.5) is 5.69 Å². The number of non-ortho nitro benzene ring substituents is 1. The fourth-order valence-corrected chi connectivity index (χ4v) is 2.75. The van der Waals surface area contributed by atoms with Crippen molar-refractivity contribution in [3.8, 4) is 5.75 Å². The number of nitro groups is 1. The molecule has 2 rings (SSSR count). The lowest BCUT2D eigenvalue weighted by Gasteiger charge is -2.22. The van der Waals surface area contributed by atoms with Crippen molar-refractivity contribution in [2.24, 2.45) is 0 Å². The predicted octanol–water partition coefficient (Wildman–Crippen LogP) is 2.39. The van der Waals surface area contributed by atoms with Crippen LogP contribution in [-0.2, 0) is 6.54 Å². The van der Waals surface area contributed by atoms with Crippen LogP contribution in [0.3, 0.4) is 0 Å². The minimum atomic E-state index is -0.632. The van der Waals surface area contributed by atoms with E-state index in [4.69, 9.17) is 4.74 Å². The third-order valence-electron chi connectivity index (χ3n) is 3.86. The number of ether oxygens (including phenoxy) is 1. The van der Waals surface area contributed by atoms with E-state index in [0.29, 0.717) is 25.4 Å². The zero-order valence-electron chi connectivity index (χ0n) is 12.3. The lowest BCUT2D eigenvalue weighted by Crippen LogP contribution is -2.37. The molecule has 1 aromatic carbocycles. The van der Waals surface area contributed by atoms with Crippen LogP contribution in [0, 0.1) is 10.1 Å². The molecule has 0 atom stereocenters. The normalized spacial score (nSPS) is 16.9. The first-order valence-electron chi connectivity index (χ1n) is 7.37. The van der Waals surface area contributed by atoms with E-state index in [2.05, 4.69) is 5.32 Å². The van der Waals surface area contributed by atoms with Crippen LogP contribution >= 0.6 is 0 Å². The standard InChI is InChI=1S/C15H22N2O4/c1-2-21-14-6-5-13(17(19)20)9-12(14)10-16-11-15(18)7-3-4-8-15/h5-6,9,16,18H,2-4,7-8,10-11H2,1H3. The van der Waals surface area contributed by atoms with Crippen molar-refractivity contribution in [1.29, 1.82) is 0 Å². The summed E-state index contributed by atoms with van der Waals surface area (Å²) in [5, 5.41) is 24.3. The minimum Gasteiger partial charge on any atom is -0.494 e. The van der Waals surface area contributed by atoms with Crippen LogP contribution in [-0.4, -0.2) is 28.8 Å². The number of nitro benzene ring substituents is 1. The fourth-order valence-electron chi connectivity index (χ4n) is 2.75. The second-order valence-corrected chi connectivity index (χ2v) is 5.52. The molecule has 0 aromatic heterocycles. The van der Waals surface area contributed by atoms with Gasteiger partial charge in [-0.25, -0.2) is 0 Å². The van der Waals surface area contributed by atoms with Gasteiger partial charge in [-0.1, -0.05) is 12.8 Å². The predicted molar refractivity (Wildman–Crippen MR) is 79.4 cm³/mol. The summed E-state index contributed by atoms with van der Waals surface area (Å²) in [4.78, 5) is 10.4. The van der Waals surface area contributed by atoms with Crippen LogP contribution in [0.15, 0.2) is 18.2 Å². The zero-order chi connectivity index (χ0) is 15.3. The van der Waals surface area contributed by atoms with Gasteiger partial charge in [0.1, 0.15) is 5.75 Å². The molecular formula is C15H22N2O4. The monoisotopic (exact) mass is 294 g/mol. The summed E-state index contributed by atoms with van der Waals surface area (Å²) in [6.45, 7) is 3.33. The Balaban J connectivity index is 2.02. The molecule has 1 fully saturated rings. The van der Waals surface area contributed by atoms with Crippen molar-refractivity contribution in [1.82, 2.24) is 5.32 Å². The van der Waals surface area contributed by atoms with E-state index >= 15 is 0 Å². The van der Waals surface area contributed by atoms with Crippen LogP contribution < -0.4 is 10.1 Å². The van der Waals surface area contributed by atoms with Gasteiger partial charge in [0.25, 0.3) is 5.69 Å². The largest absolute Gasteiger partial charge is 0.494 e. The van der Waals surface area contributed by atoms with Gasteiger partial charge in [-0.15, -0.1) is 0 Å². The fraction of sp³-hybridized carbons (Fsp3) is 0.600. The van der Waals surface area contributed by atoms with Gasteiger partial charge in [-0.05, 0) is 25.8 Å². The van der Waals surface area contributed by atoms with Crippen molar-refractivity contribution in [3.05, 3.63) is 33.9 Å². The average molecular weight is 294 g/mol. The number of nitrogens with zero attached hydrogens (tertiary/aromatic N) is 1. The number of benzene rings is 1. The molecule has 0 spiro atoms. The molecule has 2 N–H and O–H groups in total. The average Bonchev–Trinajstić information content (AvgIpc) is 2.87. The molecule has 0 radical (unpaired) electrons. The smallest absolute Gasteiger partial charge is 0.270 e. The molecule has 6 heteroatoms. The Kier molecular flexibility index (Phi) is 5.14. The maximum atomic E-state index is 10.9. The summed E-state index contributed by atoms with van der Waals surface area (Å²) in [5.74, 6) is 0.647. The van der Waals surface area contributed by atoms with E-state index < -0.39 is 10.5 Å². The minimum absolute atomic E-state index is 0.0508. The summed E-state index contributed by atoms with van der Waals surface area (Å²) in [5.41, 5.74) is 0.162. The van der Waals surface area contributed by atoms with Gasteiger partial charge in [0.2, 0.25) is 0 Å². The first-order chi connectivity index (χ1) is 10.0. The lowest BCUT2D eigenvalue weighted by atomic mass is 10.0. The quantitative estimate of drug-likeness (QED) is 0.596. The first-order valence-corrected chi connectivity index (χ1v) is 7.37. The summed E-state index contributed by atoms with van der Waals surface area (Å²) in [6, 6.07) is 4.60. The summed E-state index contributed by atoms with van der Waals surface area (Å²) in [7, 11) is 0. The van der Waals surface area contributed by atoms with Crippen molar-refractivity contribution < 1.29 is 14.8 Å². The molecular weight excluding hydrogens is 272 g/mol. The Morgan fingerprint density at radius 1 is 1.43 bits per heavy atom. The van der Waals surface area contributed by atoms with E-state index in [9.17, 15) is 15.2 Å². The third kappa shape index (κ3) is 4.15. The highest BCUT2D eigenvalue weighted by Gasteiger charge is 2.30. The molecule has 1 aromatic rings. The molecule has 0 bridgehead atoms. The van der Waals surface area contributed by atoms with Crippen LogP contribution in [0.1, 0.15) is 38.2 Å². The van der Waals surface area contributed by atoms with Gasteiger partial charge in [0.15, 0.2) is 0 Å². The first kappa shape index (κ1) is 15.7. The third-order valence-corrected chi connectivity index (χ3v) is 3.86. The van der Waals surface area contributed by atoms with Gasteiger partial charge in [0.05, 0.1) is 17.1 Å². The molecule has 0 saturated heterocycles. The summed E-state index contributed by atoms with van der Waals surface area (Å²) >= 11 is 0. The molecule has 6 nitrogen and oxygen atoms in total. The molecule has 0 unspecified atom stereocenters. The Labute approximate surface area is 124 Å². The van der Waals surface area contributed by atoms with Crippen molar-refractivity contribution in [2.75, 3.05) is 13.2 Å². The van der Waals surface area contributed by atoms with Crippen molar-refractivity contribution >= 4 is 5.69 Å². The van der Waals surface area contributed by atoms with Crippen LogP contribution in [0.5, 0.6) is 5.75 Å². The molecule has 0 amide bonds. The number of aliphatic hydroxyl groups is 1. The highest BCUT2D eigenvalue weighted by atomic mass is 16.6. The second kappa shape index (κ2) is 6.87. The van der Waals surface area contributed by atoms with E-state index in [-0.39, 0.29) is 5.69 Å². The highest BCUT2D eigenvalue weighted by Crippen LogP contribution is 2.29. The van der Waals surface area contributed by atoms with Gasteiger partial charge in [-0.2, -0.15) is 0 Å². The number of hydrogen-bond acceptors (Lipinski definition) is 5. The van der Waals surface area contributed by atoms with Gasteiger partial charge < -0.3 is 15.2 Å². The molecule has 0 aliphatic heterocycles. The van der Waals surface area contributed by atoms with Gasteiger partial charge >= 0.3 is 0 Å². The zero-order valence-corrected chi connectivity index (χ0v) is 12.3. The Hall–Kier alpha value is -1.66. The van der Waals surface area contributed by atoms with Crippen LogP contribution in [0.25, 0.3) is 0 Å².